The van der Waals surface area contributed by atoms with Crippen molar-refractivity contribution in [2.45, 2.75) is 32.1 Å². The average Bonchev–Trinajstić information content (AvgIpc) is 2.31. The van der Waals surface area contributed by atoms with Crippen LogP contribution in [0.4, 0.5) is 0 Å². The molecule has 0 aromatic heterocycles. The summed E-state index contributed by atoms with van der Waals surface area (Å²) in [6.45, 7) is 0. The van der Waals surface area contributed by atoms with Crippen molar-refractivity contribution in [3.05, 3.63) is 10.6 Å². The molecule has 0 amide bonds. The zero-order chi connectivity index (χ0) is 10.4. The molecule has 3 nitrogen and oxygen atoms in total. The molecule has 1 aliphatic carbocycles. The summed E-state index contributed by atoms with van der Waals surface area (Å²) < 4.78 is 0. The van der Waals surface area contributed by atoms with Gasteiger partial charge in [-0.2, -0.15) is 5.10 Å². The SMILES string of the molecule is NC(=S)N/N=C\C1=C(Cl)CCCCC1. The van der Waals surface area contributed by atoms with Crippen LogP contribution in [0, 0.1) is 0 Å². The molecule has 5 heteroatoms. The lowest BCUT2D eigenvalue weighted by Crippen LogP contribution is -2.24. The number of nitrogens with one attached hydrogen (secondary N) is 1. The van der Waals surface area contributed by atoms with Crippen LogP contribution in [0.2, 0.25) is 0 Å². The van der Waals surface area contributed by atoms with Crippen molar-refractivity contribution in [1.82, 2.24) is 5.43 Å². The van der Waals surface area contributed by atoms with Gasteiger partial charge in [-0.3, -0.25) is 5.43 Å². The summed E-state index contributed by atoms with van der Waals surface area (Å²) >= 11 is 10.7. The van der Waals surface area contributed by atoms with Gasteiger partial charge in [0.05, 0.1) is 6.21 Å². The normalized spacial score (nSPS) is 18.4. The highest BCUT2D eigenvalue weighted by Crippen LogP contribution is 2.24. The molecule has 0 saturated heterocycles. The summed E-state index contributed by atoms with van der Waals surface area (Å²) in [6.07, 6.45) is 7.23. The van der Waals surface area contributed by atoms with Gasteiger partial charge >= 0.3 is 0 Å². The molecule has 0 spiro atoms. The van der Waals surface area contributed by atoms with E-state index in [4.69, 9.17) is 17.3 Å². The molecule has 0 radical (unpaired) electrons. The highest BCUT2D eigenvalue weighted by atomic mass is 35.5. The summed E-state index contributed by atoms with van der Waals surface area (Å²) in [4.78, 5) is 0. The molecule has 0 bridgehead atoms. The lowest BCUT2D eigenvalue weighted by Gasteiger charge is -2.00. The van der Waals surface area contributed by atoms with E-state index in [-0.39, 0.29) is 5.11 Å². The first kappa shape index (κ1) is 11.5. The van der Waals surface area contributed by atoms with Crippen LogP contribution in [0.1, 0.15) is 32.1 Å². The van der Waals surface area contributed by atoms with E-state index in [0.29, 0.717) is 0 Å². The fraction of sp³-hybridized carbons (Fsp3) is 0.556. The number of hydrogen-bond acceptors (Lipinski definition) is 2. The third-order valence-electron chi connectivity index (χ3n) is 2.09. The van der Waals surface area contributed by atoms with Crippen LogP contribution in [0.25, 0.3) is 0 Å². The van der Waals surface area contributed by atoms with Crippen molar-refractivity contribution >= 4 is 35.1 Å². The highest BCUT2D eigenvalue weighted by molar-refractivity contribution is 7.80. The molecule has 0 unspecified atom stereocenters. The Labute approximate surface area is 94.4 Å². The molecule has 0 aromatic carbocycles. The Balaban J connectivity index is 2.55. The smallest absolute Gasteiger partial charge is 0.184 e. The molecular weight excluding hydrogens is 218 g/mol. The Morgan fingerprint density at radius 1 is 1.43 bits per heavy atom. The maximum atomic E-state index is 6.10. The predicted octanol–water partition coefficient (Wildman–Crippen LogP) is 2.26. The van der Waals surface area contributed by atoms with Gasteiger partial charge in [0, 0.05) is 5.03 Å². The molecule has 1 rings (SSSR count). The van der Waals surface area contributed by atoms with Gasteiger partial charge in [-0.05, 0) is 43.5 Å². The Morgan fingerprint density at radius 3 is 2.86 bits per heavy atom. The summed E-state index contributed by atoms with van der Waals surface area (Å²) in [7, 11) is 0. The quantitative estimate of drug-likeness (QED) is 0.436. The molecule has 0 fully saturated rings. The molecule has 0 aliphatic heterocycles. The van der Waals surface area contributed by atoms with Crippen LogP contribution >= 0.6 is 23.8 Å². The van der Waals surface area contributed by atoms with Gasteiger partial charge in [-0.15, -0.1) is 0 Å². The molecule has 78 valence electrons. The molecular formula is C9H14ClN3S. The molecule has 0 atom stereocenters. The number of rotatable bonds is 2. The van der Waals surface area contributed by atoms with Crippen LogP contribution in [0.15, 0.2) is 15.7 Å². The number of thiocarbonyl (C=S) groups is 1. The first-order valence-electron chi connectivity index (χ1n) is 4.66. The topological polar surface area (TPSA) is 50.4 Å². The second-order valence-corrected chi connectivity index (χ2v) is 4.12. The van der Waals surface area contributed by atoms with Crippen molar-refractivity contribution in [2.24, 2.45) is 10.8 Å². The standard InChI is InChI=1S/C9H14ClN3S/c10-8-5-3-1-2-4-7(8)6-12-13-9(11)14/h6H,1-5H2,(H3,11,13,14)/b12-6-. The first-order chi connectivity index (χ1) is 6.70. The molecule has 0 heterocycles. The number of nitrogens with two attached hydrogens (primary N) is 1. The van der Waals surface area contributed by atoms with Crippen molar-refractivity contribution in [3.8, 4) is 0 Å². The van der Waals surface area contributed by atoms with Gasteiger partial charge in [-0.25, -0.2) is 0 Å². The Bertz CT molecular complexity index is 273. The number of hydrazone groups is 1. The van der Waals surface area contributed by atoms with E-state index in [9.17, 15) is 0 Å². The maximum Gasteiger partial charge on any atom is 0.184 e. The molecule has 14 heavy (non-hydrogen) atoms. The van der Waals surface area contributed by atoms with Gasteiger partial charge in [0.1, 0.15) is 0 Å². The fourth-order valence-electron chi connectivity index (χ4n) is 1.38. The Morgan fingerprint density at radius 2 is 2.14 bits per heavy atom. The zero-order valence-corrected chi connectivity index (χ0v) is 9.50. The lowest BCUT2D eigenvalue weighted by atomic mass is 10.1. The van der Waals surface area contributed by atoms with Gasteiger partial charge in [0.25, 0.3) is 0 Å². The van der Waals surface area contributed by atoms with Crippen molar-refractivity contribution in [1.29, 1.82) is 0 Å². The lowest BCUT2D eigenvalue weighted by molar-refractivity contribution is 0.713. The van der Waals surface area contributed by atoms with Crippen LogP contribution in [0.5, 0.6) is 0 Å². The van der Waals surface area contributed by atoms with Crippen molar-refractivity contribution in [3.63, 3.8) is 0 Å². The third kappa shape index (κ3) is 4.07. The molecule has 1 aliphatic rings. The summed E-state index contributed by atoms with van der Waals surface area (Å²) in [6, 6.07) is 0. The largest absolute Gasteiger partial charge is 0.375 e. The summed E-state index contributed by atoms with van der Waals surface area (Å²) in [5.74, 6) is 0. The van der Waals surface area contributed by atoms with E-state index < -0.39 is 0 Å². The number of allylic oxidation sites excluding steroid dienone is 2. The van der Waals surface area contributed by atoms with Crippen LogP contribution in [0.3, 0.4) is 0 Å². The molecule has 0 aromatic rings. The minimum Gasteiger partial charge on any atom is -0.375 e. The Kier molecular flexibility index (Phi) is 4.90. The summed E-state index contributed by atoms with van der Waals surface area (Å²) in [5, 5.41) is 4.99. The summed E-state index contributed by atoms with van der Waals surface area (Å²) in [5.41, 5.74) is 8.84. The monoisotopic (exact) mass is 231 g/mol. The van der Waals surface area contributed by atoms with Crippen molar-refractivity contribution in [2.75, 3.05) is 0 Å². The fourth-order valence-corrected chi connectivity index (χ4v) is 1.71. The minimum atomic E-state index is 0.173. The highest BCUT2D eigenvalue weighted by Gasteiger charge is 2.07. The zero-order valence-electron chi connectivity index (χ0n) is 7.92. The van der Waals surface area contributed by atoms with Gasteiger partial charge < -0.3 is 5.73 Å². The van der Waals surface area contributed by atoms with E-state index in [1.807, 2.05) is 0 Å². The van der Waals surface area contributed by atoms with Crippen LogP contribution < -0.4 is 11.2 Å². The van der Waals surface area contributed by atoms with E-state index in [0.717, 1.165) is 23.4 Å². The van der Waals surface area contributed by atoms with Gasteiger partial charge in [0.2, 0.25) is 0 Å². The number of halogens is 1. The maximum absolute atomic E-state index is 6.10. The van der Waals surface area contributed by atoms with E-state index in [1.165, 1.54) is 19.3 Å². The predicted molar refractivity (Wildman–Crippen MR) is 64.4 cm³/mol. The number of hydrogen-bond donors (Lipinski definition) is 2. The van der Waals surface area contributed by atoms with Crippen molar-refractivity contribution < 1.29 is 0 Å². The van der Waals surface area contributed by atoms with Crippen LogP contribution in [-0.2, 0) is 0 Å². The van der Waals surface area contributed by atoms with E-state index >= 15 is 0 Å². The van der Waals surface area contributed by atoms with E-state index in [2.05, 4.69) is 22.7 Å². The van der Waals surface area contributed by atoms with Crippen LogP contribution in [-0.4, -0.2) is 11.3 Å². The minimum absolute atomic E-state index is 0.173. The second-order valence-electron chi connectivity index (χ2n) is 3.23. The molecule has 0 saturated carbocycles. The van der Waals surface area contributed by atoms with E-state index in [1.54, 1.807) is 6.21 Å². The average molecular weight is 232 g/mol. The third-order valence-corrected chi connectivity index (χ3v) is 2.61. The Hall–Kier alpha value is -0.610. The second kappa shape index (κ2) is 5.98. The number of nitrogens with zero attached hydrogens (tertiary/aromatic N) is 1. The molecule has 3 N–H and O–H groups in total. The van der Waals surface area contributed by atoms with Gasteiger partial charge in [-0.1, -0.05) is 18.0 Å². The first-order valence-corrected chi connectivity index (χ1v) is 5.45. The van der Waals surface area contributed by atoms with Gasteiger partial charge in [0.15, 0.2) is 5.11 Å².